The van der Waals surface area contributed by atoms with Crippen LogP contribution in [0.5, 0.6) is 0 Å². The molecular formula is C19H20Cl2N4O2. The minimum absolute atomic E-state index is 0.189. The summed E-state index contributed by atoms with van der Waals surface area (Å²) >= 11 is 11.9. The minimum Gasteiger partial charge on any atom is -0.318 e. The summed E-state index contributed by atoms with van der Waals surface area (Å²) in [4.78, 5) is 28.6. The molecule has 1 atom stereocenters. The second kappa shape index (κ2) is 7.29. The molecule has 3 rings (SSSR count). The molecule has 1 aliphatic heterocycles. The van der Waals surface area contributed by atoms with Crippen LogP contribution in [0.25, 0.3) is 0 Å². The van der Waals surface area contributed by atoms with Crippen LogP contribution in [0.3, 0.4) is 0 Å². The van der Waals surface area contributed by atoms with Crippen molar-refractivity contribution in [2.24, 2.45) is 0 Å². The molecule has 27 heavy (non-hydrogen) atoms. The van der Waals surface area contributed by atoms with Crippen LogP contribution in [0, 0.1) is 0 Å². The first kappa shape index (κ1) is 19.3. The molecular weight excluding hydrogens is 387 g/mol. The van der Waals surface area contributed by atoms with E-state index in [1.807, 2.05) is 44.2 Å². The number of amides is 4. The van der Waals surface area contributed by atoms with Gasteiger partial charge in [0, 0.05) is 18.4 Å². The Labute approximate surface area is 168 Å². The van der Waals surface area contributed by atoms with Crippen LogP contribution in [0.1, 0.15) is 13.8 Å². The highest BCUT2D eigenvalue weighted by Gasteiger charge is 2.51. The SMILES string of the molecule is CN1C(=O)N(c2ccccc2)C(NC(=O)Nc2ccc(Cl)c(Cl)c2)C1(C)C. The van der Waals surface area contributed by atoms with Crippen molar-refractivity contribution in [2.45, 2.75) is 25.6 Å². The number of halogens is 2. The summed E-state index contributed by atoms with van der Waals surface area (Å²) in [6.07, 6.45) is -0.569. The summed E-state index contributed by atoms with van der Waals surface area (Å²) in [5.74, 6) is 0. The highest BCUT2D eigenvalue weighted by Crippen LogP contribution is 2.34. The molecule has 1 fully saturated rings. The topological polar surface area (TPSA) is 64.7 Å². The van der Waals surface area contributed by atoms with Crippen LogP contribution in [0.4, 0.5) is 21.0 Å². The Morgan fingerprint density at radius 2 is 1.74 bits per heavy atom. The molecule has 6 nitrogen and oxygen atoms in total. The summed E-state index contributed by atoms with van der Waals surface area (Å²) in [6, 6.07) is 13.4. The molecule has 142 valence electrons. The number of rotatable bonds is 3. The van der Waals surface area contributed by atoms with Crippen LogP contribution in [0.2, 0.25) is 10.0 Å². The van der Waals surface area contributed by atoms with Crippen molar-refractivity contribution in [3.63, 3.8) is 0 Å². The fourth-order valence-electron chi connectivity index (χ4n) is 2.97. The van der Waals surface area contributed by atoms with Crippen molar-refractivity contribution >= 4 is 46.6 Å². The molecule has 0 saturated carbocycles. The van der Waals surface area contributed by atoms with Crippen LogP contribution in [-0.2, 0) is 0 Å². The molecule has 1 heterocycles. The zero-order chi connectivity index (χ0) is 19.8. The summed E-state index contributed by atoms with van der Waals surface area (Å²) < 4.78 is 0. The lowest BCUT2D eigenvalue weighted by Gasteiger charge is -2.33. The van der Waals surface area contributed by atoms with Gasteiger partial charge in [0.1, 0.15) is 6.17 Å². The second-order valence-electron chi connectivity index (χ2n) is 6.83. The summed E-state index contributed by atoms with van der Waals surface area (Å²) in [5.41, 5.74) is 0.588. The molecule has 2 N–H and O–H groups in total. The van der Waals surface area contributed by atoms with E-state index in [-0.39, 0.29) is 6.03 Å². The van der Waals surface area contributed by atoms with E-state index in [2.05, 4.69) is 10.6 Å². The molecule has 0 aliphatic carbocycles. The van der Waals surface area contributed by atoms with E-state index < -0.39 is 17.7 Å². The fraction of sp³-hybridized carbons (Fsp3) is 0.263. The van der Waals surface area contributed by atoms with Crippen molar-refractivity contribution in [1.29, 1.82) is 0 Å². The van der Waals surface area contributed by atoms with Crippen LogP contribution < -0.4 is 15.5 Å². The van der Waals surface area contributed by atoms with Gasteiger partial charge in [-0.2, -0.15) is 0 Å². The van der Waals surface area contributed by atoms with E-state index >= 15 is 0 Å². The van der Waals surface area contributed by atoms with E-state index in [0.717, 1.165) is 0 Å². The molecule has 4 amide bonds. The second-order valence-corrected chi connectivity index (χ2v) is 7.65. The van der Waals surface area contributed by atoms with Gasteiger partial charge in [0.15, 0.2) is 0 Å². The Balaban J connectivity index is 1.84. The van der Waals surface area contributed by atoms with Gasteiger partial charge in [-0.3, -0.25) is 4.90 Å². The van der Waals surface area contributed by atoms with Gasteiger partial charge in [-0.05, 0) is 44.2 Å². The van der Waals surface area contributed by atoms with Crippen molar-refractivity contribution in [3.8, 4) is 0 Å². The number of likely N-dealkylation sites (N-methyl/N-ethyl adjacent to an activating group) is 1. The third-order valence-electron chi connectivity index (χ3n) is 4.76. The molecule has 2 aromatic rings. The predicted octanol–water partition coefficient (Wildman–Crippen LogP) is 4.79. The zero-order valence-corrected chi connectivity index (χ0v) is 16.7. The number of hydrogen-bond acceptors (Lipinski definition) is 2. The first-order chi connectivity index (χ1) is 12.7. The van der Waals surface area contributed by atoms with E-state index in [1.54, 1.807) is 35.0 Å². The third-order valence-corrected chi connectivity index (χ3v) is 5.50. The lowest BCUT2D eigenvalue weighted by molar-refractivity contribution is 0.180. The van der Waals surface area contributed by atoms with Crippen molar-refractivity contribution < 1.29 is 9.59 Å². The van der Waals surface area contributed by atoms with Gasteiger partial charge >= 0.3 is 12.1 Å². The molecule has 0 radical (unpaired) electrons. The van der Waals surface area contributed by atoms with Crippen molar-refractivity contribution in [2.75, 3.05) is 17.3 Å². The fourth-order valence-corrected chi connectivity index (χ4v) is 3.27. The Morgan fingerprint density at radius 1 is 1.07 bits per heavy atom. The predicted molar refractivity (Wildman–Crippen MR) is 109 cm³/mol. The monoisotopic (exact) mass is 406 g/mol. The Hall–Kier alpha value is -2.44. The quantitative estimate of drug-likeness (QED) is 0.768. The lowest BCUT2D eigenvalue weighted by Crippen LogP contribution is -2.56. The lowest BCUT2D eigenvalue weighted by atomic mass is 10.0. The van der Waals surface area contributed by atoms with E-state index in [4.69, 9.17) is 23.2 Å². The third kappa shape index (κ3) is 3.68. The van der Waals surface area contributed by atoms with E-state index in [1.165, 1.54) is 0 Å². The molecule has 0 spiro atoms. The number of nitrogens with one attached hydrogen (secondary N) is 2. The summed E-state index contributed by atoms with van der Waals surface area (Å²) in [6.45, 7) is 3.80. The first-order valence-electron chi connectivity index (χ1n) is 8.36. The molecule has 2 aromatic carbocycles. The van der Waals surface area contributed by atoms with Gasteiger partial charge < -0.3 is 15.5 Å². The Morgan fingerprint density at radius 3 is 2.37 bits per heavy atom. The van der Waals surface area contributed by atoms with Gasteiger partial charge in [0.25, 0.3) is 0 Å². The van der Waals surface area contributed by atoms with Crippen LogP contribution in [0.15, 0.2) is 48.5 Å². The molecule has 1 aliphatic rings. The van der Waals surface area contributed by atoms with E-state index in [9.17, 15) is 9.59 Å². The van der Waals surface area contributed by atoms with Crippen LogP contribution >= 0.6 is 23.2 Å². The number of hydrogen-bond donors (Lipinski definition) is 2. The standard InChI is InChI=1S/C19H20Cl2N4O2/c1-19(2)16(23-17(26)22-12-9-10-14(20)15(21)11-12)25(18(27)24(19)3)13-7-5-4-6-8-13/h4-11,16H,1-3H3,(H2,22,23,26). The highest BCUT2D eigenvalue weighted by molar-refractivity contribution is 6.42. The number of carbonyl (C=O) groups is 2. The van der Waals surface area contributed by atoms with Crippen molar-refractivity contribution in [1.82, 2.24) is 10.2 Å². The number of benzene rings is 2. The maximum Gasteiger partial charge on any atom is 0.326 e. The average Bonchev–Trinajstić information content (AvgIpc) is 2.79. The average molecular weight is 407 g/mol. The van der Waals surface area contributed by atoms with Crippen molar-refractivity contribution in [3.05, 3.63) is 58.6 Å². The number of nitrogens with zero attached hydrogens (tertiary/aromatic N) is 2. The summed E-state index contributed by atoms with van der Waals surface area (Å²) in [5, 5.41) is 6.37. The molecule has 1 unspecified atom stereocenters. The summed E-state index contributed by atoms with van der Waals surface area (Å²) in [7, 11) is 1.72. The normalized spacial score (nSPS) is 18.6. The molecule has 0 bridgehead atoms. The minimum atomic E-state index is -0.623. The zero-order valence-electron chi connectivity index (χ0n) is 15.2. The largest absolute Gasteiger partial charge is 0.326 e. The van der Waals surface area contributed by atoms with E-state index in [0.29, 0.717) is 21.4 Å². The Bertz CT molecular complexity index is 873. The number of carbonyl (C=O) groups excluding carboxylic acids is 2. The van der Waals surface area contributed by atoms with Crippen LogP contribution in [-0.4, -0.2) is 35.7 Å². The van der Waals surface area contributed by atoms with Gasteiger partial charge in [-0.15, -0.1) is 0 Å². The maximum atomic E-state index is 12.8. The number of anilines is 2. The Kier molecular flexibility index (Phi) is 5.22. The maximum absolute atomic E-state index is 12.8. The van der Waals surface area contributed by atoms with Gasteiger partial charge in [-0.1, -0.05) is 41.4 Å². The smallest absolute Gasteiger partial charge is 0.318 e. The van der Waals surface area contributed by atoms with Gasteiger partial charge in [0.05, 0.1) is 15.6 Å². The first-order valence-corrected chi connectivity index (χ1v) is 9.12. The van der Waals surface area contributed by atoms with Gasteiger partial charge in [-0.25, -0.2) is 9.59 Å². The molecule has 1 saturated heterocycles. The number of urea groups is 2. The molecule has 0 aromatic heterocycles. The van der Waals surface area contributed by atoms with Gasteiger partial charge in [0.2, 0.25) is 0 Å². The molecule has 8 heteroatoms. The highest BCUT2D eigenvalue weighted by atomic mass is 35.5. The number of para-hydroxylation sites is 1.